The summed E-state index contributed by atoms with van der Waals surface area (Å²) in [6.07, 6.45) is 3.33. The van der Waals surface area contributed by atoms with Crippen LogP contribution >= 0.6 is 0 Å². The van der Waals surface area contributed by atoms with E-state index in [2.05, 4.69) is 4.90 Å². The largest absolute Gasteiger partial charge is 0.377 e. The van der Waals surface area contributed by atoms with Gasteiger partial charge in [-0.3, -0.25) is 9.69 Å². The molecule has 98 valence electrons. The van der Waals surface area contributed by atoms with E-state index >= 15 is 0 Å². The van der Waals surface area contributed by atoms with Crippen LogP contribution in [-0.2, 0) is 9.53 Å². The van der Waals surface area contributed by atoms with E-state index in [-0.39, 0.29) is 11.9 Å². The van der Waals surface area contributed by atoms with Gasteiger partial charge in [-0.05, 0) is 25.8 Å². The highest BCUT2D eigenvalue weighted by Gasteiger charge is 2.34. The fourth-order valence-corrected chi connectivity index (χ4v) is 2.69. The molecule has 2 unspecified atom stereocenters. The van der Waals surface area contributed by atoms with Gasteiger partial charge in [0, 0.05) is 33.3 Å². The zero-order valence-corrected chi connectivity index (χ0v) is 10.6. The van der Waals surface area contributed by atoms with Crippen molar-refractivity contribution in [3.05, 3.63) is 0 Å². The zero-order valence-electron chi connectivity index (χ0n) is 10.6. The molecule has 2 aliphatic rings. The van der Waals surface area contributed by atoms with Crippen molar-refractivity contribution >= 4 is 5.91 Å². The summed E-state index contributed by atoms with van der Waals surface area (Å²) < 4.78 is 5.65. The number of ether oxygens (including phenoxy) is 1. The molecule has 1 amide bonds. The van der Waals surface area contributed by atoms with Crippen molar-refractivity contribution in [1.82, 2.24) is 9.80 Å². The van der Waals surface area contributed by atoms with Crippen molar-refractivity contribution in [3.63, 3.8) is 0 Å². The number of piperazine rings is 1. The van der Waals surface area contributed by atoms with E-state index in [1.807, 2.05) is 11.9 Å². The van der Waals surface area contributed by atoms with E-state index in [9.17, 15) is 4.79 Å². The molecule has 0 spiro atoms. The molecule has 2 atom stereocenters. The van der Waals surface area contributed by atoms with Gasteiger partial charge in [-0.1, -0.05) is 0 Å². The average Bonchev–Trinajstić information content (AvgIpc) is 2.81. The lowest BCUT2D eigenvalue weighted by atomic mass is 10.1. The maximum absolute atomic E-state index is 12.1. The van der Waals surface area contributed by atoms with Crippen LogP contribution in [0.25, 0.3) is 0 Å². The summed E-state index contributed by atoms with van der Waals surface area (Å²) in [5.41, 5.74) is 5.61. The number of likely N-dealkylation sites (N-methyl/N-ethyl adjacent to an activating group) is 1. The molecule has 2 N–H and O–H groups in total. The third-order valence-electron chi connectivity index (χ3n) is 3.73. The second kappa shape index (κ2) is 5.80. The highest BCUT2D eigenvalue weighted by molar-refractivity contribution is 5.82. The highest BCUT2D eigenvalue weighted by Crippen LogP contribution is 2.18. The molecule has 2 saturated heterocycles. The Bertz CT molecular complexity index is 266. The van der Waals surface area contributed by atoms with E-state index in [0.717, 1.165) is 45.5 Å². The number of carbonyl (C=O) groups excluding carboxylic acids is 1. The minimum Gasteiger partial charge on any atom is -0.377 e. The van der Waals surface area contributed by atoms with Crippen molar-refractivity contribution in [2.24, 2.45) is 5.73 Å². The van der Waals surface area contributed by atoms with Crippen molar-refractivity contribution in [2.75, 3.05) is 39.8 Å². The Labute approximate surface area is 103 Å². The maximum Gasteiger partial charge on any atom is 0.239 e. The Kier molecular flexibility index (Phi) is 4.36. The second-order valence-corrected chi connectivity index (χ2v) is 4.98. The number of rotatable bonds is 4. The number of amides is 1. The lowest BCUT2D eigenvalue weighted by Crippen LogP contribution is -2.57. The number of nitrogens with two attached hydrogens (primary N) is 1. The van der Waals surface area contributed by atoms with Crippen molar-refractivity contribution < 1.29 is 9.53 Å². The first-order chi connectivity index (χ1) is 8.22. The summed E-state index contributed by atoms with van der Waals surface area (Å²) in [7, 11) is 1.87. The van der Waals surface area contributed by atoms with Crippen LogP contribution in [0, 0.1) is 0 Å². The summed E-state index contributed by atoms with van der Waals surface area (Å²) in [5, 5.41) is 0. The fourth-order valence-electron chi connectivity index (χ4n) is 2.69. The molecule has 0 aromatic carbocycles. The minimum atomic E-state index is -0.0389. The number of nitrogens with zero attached hydrogens (tertiary/aromatic N) is 2. The Morgan fingerprint density at radius 2 is 2.29 bits per heavy atom. The van der Waals surface area contributed by atoms with E-state index in [1.54, 1.807) is 0 Å². The predicted octanol–water partition coefficient (Wildman–Crippen LogP) is -0.343. The van der Waals surface area contributed by atoms with E-state index in [1.165, 1.54) is 0 Å². The molecule has 5 nitrogen and oxygen atoms in total. The Morgan fingerprint density at radius 1 is 1.47 bits per heavy atom. The van der Waals surface area contributed by atoms with Crippen LogP contribution in [0.5, 0.6) is 0 Å². The molecule has 2 rings (SSSR count). The summed E-state index contributed by atoms with van der Waals surface area (Å²) in [6.45, 7) is 4.06. The highest BCUT2D eigenvalue weighted by atomic mass is 16.5. The quantitative estimate of drug-likeness (QED) is 0.731. The smallest absolute Gasteiger partial charge is 0.239 e. The van der Waals surface area contributed by atoms with Crippen LogP contribution < -0.4 is 5.73 Å². The molecule has 2 aliphatic heterocycles. The molecule has 0 aromatic rings. The first-order valence-electron chi connectivity index (χ1n) is 6.53. The molecule has 17 heavy (non-hydrogen) atoms. The molecule has 0 aromatic heterocycles. The molecule has 2 heterocycles. The van der Waals surface area contributed by atoms with Gasteiger partial charge in [0.15, 0.2) is 0 Å². The van der Waals surface area contributed by atoms with Gasteiger partial charge in [0.25, 0.3) is 0 Å². The monoisotopic (exact) mass is 241 g/mol. The first-order valence-corrected chi connectivity index (χ1v) is 6.53. The maximum atomic E-state index is 12.1. The number of hydrogen-bond donors (Lipinski definition) is 1. The topological polar surface area (TPSA) is 58.8 Å². The molecule has 0 aliphatic carbocycles. The molecule has 0 radical (unpaired) electrons. The van der Waals surface area contributed by atoms with Crippen LogP contribution in [0.3, 0.4) is 0 Å². The van der Waals surface area contributed by atoms with Gasteiger partial charge >= 0.3 is 0 Å². The normalized spacial score (nSPS) is 31.2. The van der Waals surface area contributed by atoms with Gasteiger partial charge in [-0.15, -0.1) is 0 Å². The first kappa shape index (κ1) is 12.8. The van der Waals surface area contributed by atoms with Gasteiger partial charge in [-0.2, -0.15) is 0 Å². The average molecular weight is 241 g/mol. The van der Waals surface area contributed by atoms with Crippen LogP contribution in [0.1, 0.15) is 19.3 Å². The second-order valence-electron chi connectivity index (χ2n) is 4.98. The van der Waals surface area contributed by atoms with Gasteiger partial charge in [0.1, 0.15) is 0 Å². The van der Waals surface area contributed by atoms with Crippen molar-refractivity contribution in [1.29, 1.82) is 0 Å². The lowest BCUT2D eigenvalue weighted by molar-refractivity contribution is -0.141. The van der Waals surface area contributed by atoms with Crippen molar-refractivity contribution in [2.45, 2.75) is 31.4 Å². The van der Waals surface area contributed by atoms with Gasteiger partial charge in [0.2, 0.25) is 5.91 Å². The van der Waals surface area contributed by atoms with Gasteiger partial charge in [-0.25, -0.2) is 0 Å². The van der Waals surface area contributed by atoms with Gasteiger partial charge < -0.3 is 15.4 Å². The molecular weight excluding hydrogens is 218 g/mol. The van der Waals surface area contributed by atoms with Crippen LogP contribution in [0.2, 0.25) is 0 Å². The third-order valence-corrected chi connectivity index (χ3v) is 3.73. The van der Waals surface area contributed by atoms with Crippen LogP contribution in [0.4, 0.5) is 0 Å². The Hall–Kier alpha value is -0.650. The molecular formula is C12H23N3O2. The fraction of sp³-hybridized carbons (Fsp3) is 0.917. The minimum absolute atomic E-state index is 0.0389. The number of carbonyl (C=O) groups is 1. The SMILES string of the molecule is CN1CCN(CC2CCCO2)C(CCN)C1=O. The Balaban J connectivity index is 1.95. The van der Waals surface area contributed by atoms with Crippen molar-refractivity contribution in [3.8, 4) is 0 Å². The summed E-state index contributed by atoms with van der Waals surface area (Å²) >= 11 is 0. The summed E-state index contributed by atoms with van der Waals surface area (Å²) in [4.78, 5) is 16.2. The standard InChI is InChI=1S/C12H23N3O2/c1-14-6-7-15(9-10-3-2-8-17-10)11(4-5-13)12(14)16/h10-11H,2-9,13H2,1H3. The zero-order chi connectivity index (χ0) is 12.3. The molecule has 0 saturated carbocycles. The summed E-state index contributed by atoms with van der Waals surface area (Å²) in [6, 6.07) is -0.0389. The number of hydrogen-bond acceptors (Lipinski definition) is 4. The third kappa shape index (κ3) is 2.97. The van der Waals surface area contributed by atoms with E-state index in [0.29, 0.717) is 12.6 Å². The molecule has 2 fully saturated rings. The van der Waals surface area contributed by atoms with Crippen LogP contribution in [0.15, 0.2) is 0 Å². The predicted molar refractivity (Wildman–Crippen MR) is 65.6 cm³/mol. The van der Waals surface area contributed by atoms with Gasteiger partial charge in [0.05, 0.1) is 12.1 Å². The summed E-state index contributed by atoms with van der Waals surface area (Å²) in [5.74, 6) is 0.208. The molecule has 0 bridgehead atoms. The lowest BCUT2D eigenvalue weighted by Gasteiger charge is -2.40. The van der Waals surface area contributed by atoms with E-state index in [4.69, 9.17) is 10.5 Å². The van der Waals surface area contributed by atoms with E-state index < -0.39 is 0 Å². The Morgan fingerprint density at radius 3 is 2.94 bits per heavy atom. The van der Waals surface area contributed by atoms with Crippen LogP contribution in [-0.4, -0.2) is 67.7 Å². The molecule has 5 heteroatoms.